The van der Waals surface area contributed by atoms with Crippen molar-refractivity contribution >= 4 is 5.97 Å². The summed E-state index contributed by atoms with van der Waals surface area (Å²) in [4.78, 5) is 13.4. The number of ether oxygens (including phenoxy) is 3. The van der Waals surface area contributed by atoms with Gasteiger partial charge in [-0.15, -0.1) is 0 Å². The normalized spacial score (nSPS) is 20.4. The van der Waals surface area contributed by atoms with Gasteiger partial charge < -0.3 is 75.5 Å². The molecule has 5 aromatic rings. The lowest BCUT2D eigenvalue weighted by Gasteiger charge is -2.40. The van der Waals surface area contributed by atoms with Crippen LogP contribution in [0.1, 0.15) is 56.3 Å². The van der Waals surface area contributed by atoms with Crippen LogP contribution in [0.4, 0.5) is 0 Å². The maximum absolute atomic E-state index is 13.4. The third kappa shape index (κ3) is 5.85. The zero-order chi connectivity index (χ0) is 38.0. The van der Waals surface area contributed by atoms with E-state index in [9.17, 15) is 66.1 Å². The summed E-state index contributed by atoms with van der Waals surface area (Å²) in [5.41, 5.74) is -0.706. The highest BCUT2D eigenvalue weighted by Crippen LogP contribution is 2.57. The van der Waals surface area contributed by atoms with E-state index in [1.165, 1.54) is 24.3 Å². The molecule has 0 bridgehead atoms. The van der Waals surface area contributed by atoms with Crippen LogP contribution in [-0.4, -0.2) is 79.5 Å². The number of esters is 1. The maximum atomic E-state index is 13.4. The zero-order valence-corrected chi connectivity index (χ0v) is 26.9. The largest absolute Gasteiger partial charge is 0.508 e. The first kappa shape index (κ1) is 34.4. The summed E-state index contributed by atoms with van der Waals surface area (Å²) in [7, 11) is 0. The van der Waals surface area contributed by atoms with Crippen LogP contribution in [0.15, 0.2) is 66.7 Å². The van der Waals surface area contributed by atoms with Crippen LogP contribution in [0.5, 0.6) is 74.7 Å². The van der Waals surface area contributed by atoms with E-state index in [1.54, 1.807) is 0 Å². The minimum Gasteiger partial charge on any atom is -0.508 e. The second-order valence-corrected chi connectivity index (χ2v) is 12.6. The first-order valence-electron chi connectivity index (χ1n) is 15.8. The molecule has 2 aliphatic rings. The Labute approximate surface area is 297 Å². The second kappa shape index (κ2) is 12.6. The minimum atomic E-state index is -1.67. The molecule has 5 aromatic carbocycles. The van der Waals surface area contributed by atoms with Gasteiger partial charge in [-0.1, -0.05) is 12.1 Å². The molecule has 7 rings (SSSR count). The molecular weight excluding hydrogens is 700 g/mol. The average molecular weight is 731 g/mol. The molecule has 0 saturated carbocycles. The zero-order valence-electron chi connectivity index (χ0n) is 26.9. The Morgan fingerprint density at radius 1 is 0.604 bits per heavy atom. The second-order valence-electron chi connectivity index (χ2n) is 12.6. The number of fused-ring (bicyclic) bond motifs is 2. The molecule has 0 radical (unpaired) electrons. The molecule has 53 heavy (non-hydrogen) atoms. The maximum Gasteiger partial charge on any atom is 0.338 e. The molecule has 0 unspecified atom stereocenters. The topological polar surface area (TPSA) is 288 Å². The van der Waals surface area contributed by atoms with Gasteiger partial charge in [0.05, 0.1) is 11.5 Å². The van der Waals surface area contributed by atoms with E-state index in [1.807, 2.05) is 0 Å². The molecule has 0 spiro atoms. The number of carbonyl (C=O) groups is 1. The Morgan fingerprint density at radius 3 is 1.87 bits per heavy atom. The van der Waals surface area contributed by atoms with Gasteiger partial charge in [0.25, 0.3) is 0 Å². The van der Waals surface area contributed by atoms with Crippen molar-refractivity contribution in [1.29, 1.82) is 0 Å². The summed E-state index contributed by atoms with van der Waals surface area (Å²) in [6.07, 6.45) is -6.38. The first-order valence-corrected chi connectivity index (χ1v) is 15.8. The summed E-state index contributed by atoms with van der Waals surface area (Å²) in [5, 5.41) is 127. The van der Waals surface area contributed by atoms with E-state index in [2.05, 4.69) is 0 Å². The number of hydrogen-bond donors (Lipinski definition) is 12. The number of phenolic OH excluding ortho intramolecular Hbond substituents is 11. The molecule has 274 valence electrons. The van der Waals surface area contributed by atoms with E-state index in [4.69, 9.17) is 14.2 Å². The molecule has 0 aromatic heterocycles. The predicted octanol–water partition coefficient (Wildman–Crippen LogP) is 3.98. The van der Waals surface area contributed by atoms with E-state index in [-0.39, 0.29) is 45.1 Å². The highest BCUT2D eigenvalue weighted by Gasteiger charge is 2.47. The van der Waals surface area contributed by atoms with Crippen LogP contribution in [0.3, 0.4) is 0 Å². The number of phenols is 11. The molecule has 2 heterocycles. The third-order valence-electron chi connectivity index (χ3n) is 9.18. The summed E-state index contributed by atoms with van der Waals surface area (Å²) < 4.78 is 18.1. The van der Waals surface area contributed by atoms with Crippen molar-refractivity contribution in [3.05, 3.63) is 100 Å². The number of benzene rings is 5. The Balaban J connectivity index is 1.40. The summed E-state index contributed by atoms with van der Waals surface area (Å²) in [6.45, 7) is 0. The lowest BCUT2D eigenvalue weighted by molar-refractivity contribution is -0.0211. The van der Waals surface area contributed by atoms with Gasteiger partial charge in [-0.25, -0.2) is 4.79 Å². The van der Waals surface area contributed by atoms with Crippen LogP contribution < -0.4 is 9.47 Å². The molecule has 0 fully saturated rings. The fraction of sp³-hybridized carbons (Fsp3) is 0.162. The lowest BCUT2D eigenvalue weighted by Crippen LogP contribution is -2.38. The Hall–Kier alpha value is -7.07. The molecule has 5 atom stereocenters. The SMILES string of the molecule is O=C(O[C@@H]1Cc2c(O)cc(O)c([C@H]3c4c(O)cc(O)cc4O[C@H](c4cccc(O)c4)[C@@H]3O)c2O[C@@H]1c1cc(O)c(O)c(O)c1)c1cc(O)c(O)c(O)c1. The van der Waals surface area contributed by atoms with Crippen LogP contribution in [0.25, 0.3) is 0 Å². The van der Waals surface area contributed by atoms with E-state index in [0.29, 0.717) is 0 Å². The highest BCUT2D eigenvalue weighted by atomic mass is 16.6. The average Bonchev–Trinajstić information content (AvgIpc) is 3.09. The lowest BCUT2D eigenvalue weighted by atomic mass is 9.77. The van der Waals surface area contributed by atoms with Gasteiger partial charge in [0.15, 0.2) is 46.7 Å². The van der Waals surface area contributed by atoms with Crippen LogP contribution in [-0.2, 0) is 11.2 Å². The third-order valence-corrected chi connectivity index (χ3v) is 9.18. The fourth-order valence-electron chi connectivity index (χ4n) is 6.78. The van der Waals surface area contributed by atoms with E-state index >= 15 is 0 Å². The molecule has 0 amide bonds. The van der Waals surface area contributed by atoms with Crippen LogP contribution in [0.2, 0.25) is 0 Å². The molecule has 0 saturated heterocycles. The molecule has 0 aliphatic carbocycles. The van der Waals surface area contributed by atoms with Gasteiger partial charge in [0.2, 0.25) is 0 Å². The van der Waals surface area contributed by atoms with Crippen molar-refractivity contribution in [3.8, 4) is 74.7 Å². The summed E-state index contributed by atoms with van der Waals surface area (Å²) in [5.74, 6) is -10.5. The number of rotatable bonds is 5. The van der Waals surface area contributed by atoms with Crippen LogP contribution in [0, 0.1) is 0 Å². The van der Waals surface area contributed by atoms with Gasteiger partial charge >= 0.3 is 5.97 Å². The van der Waals surface area contributed by atoms with Crippen molar-refractivity contribution in [3.63, 3.8) is 0 Å². The van der Waals surface area contributed by atoms with Crippen molar-refractivity contribution in [2.45, 2.75) is 36.8 Å². The predicted molar refractivity (Wildman–Crippen MR) is 178 cm³/mol. The Morgan fingerprint density at radius 2 is 1.23 bits per heavy atom. The molecule has 2 aliphatic heterocycles. The number of aliphatic hydroxyl groups excluding tert-OH is 1. The highest BCUT2D eigenvalue weighted by molar-refractivity contribution is 5.91. The van der Waals surface area contributed by atoms with Crippen molar-refractivity contribution < 1.29 is 80.3 Å². The number of aliphatic hydroxyl groups is 1. The standard InChI is InChI=1S/C37H30O16/c38-16-3-1-2-13(4-16)35-33(49)30(28-20(41)9-17(39)10-26(28)51-35)29-21(42)12-19(40)18-11-27(52-37(50)15-7-24(45)32(48)25(46)8-15)34(53-36(18)29)14-5-22(43)31(47)23(44)6-14/h1-10,12,27,30,33-35,38-49H,11H2/t27-,30-,33-,34-,35-/m1/s1. The smallest absolute Gasteiger partial charge is 0.338 e. The Bertz CT molecular complexity index is 2260. The Kier molecular flexibility index (Phi) is 8.18. The van der Waals surface area contributed by atoms with Crippen molar-refractivity contribution in [2.75, 3.05) is 0 Å². The van der Waals surface area contributed by atoms with Crippen LogP contribution >= 0.6 is 0 Å². The van der Waals surface area contributed by atoms with E-state index < -0.39 is 106 Å². The van der Waals surface area contributed by atoms with E-state index in [0.717, 1.165) is 42.5 Å². The fourth-order valence-corrected chi connectivity index (χ4v) is 6.78. The van der Waals surface area contributed by atoms with Gasteiger partial charge in [-0.2, -0.15) is 0 Å². The monoisotopic (exact) mass is 730 g/mol. The first-order chi connectivity index (χ1) is 25.1. The number of aromatic hydroxyl groups is 11. The summed E-state index contributed by atoms with van der Waals surface area (Å²) in [6, 6.07) is 12.4. The molecule has 16 heteroatoms. The van der Waals surface area contributed by atoms with Crippen molar-refractivity contribution in [2.24, 2.45) is 0 Å². The van der Waals surface area contributed by atoms with Gasteiger partial charge in [0.1, 0.15) is 52.5 Å². The molecule has 16 nitrogen and oxygen atoms in total. The van der Waals surface area contributed by atoms with Gasteiger partial charge in [0, 0.05) is 46.9 Å². The number of carbonyl (C=O) groups excluding carboxylic acids is 1. The molecular formula is C37H30O16. The van der Waals surface area contributed by atoms with Crippen molar-refractivity contribution in [1.82, 2.24) is 0 Å². The number of hydrogen-bond acceptors (Lipinski definition) is 16. The molecule has 12 N–H and O–H groups in total. The van der Waals surface area contributed by atoms with Gasteiger partial charge in [-0.3, -0.25) is 0 Å². The van der Waals surface area contributed by atoms with Gasteiger partial charge in [-0.05, 0) is 42.0 Å². The minimum absolute atomic E-state index is 0.0945. The quantitative estimate of drug-likeness (QED) is 0.0899. The summed E-state index contributed by atoms with van der Waals surface area (Å²) >= 11 is 0.